The first kappa shape index (κ1) is 25.9. The molecule has 0 radical (unpaired) electrons. The van der Waals surface area contributed by atoms with E-state index < -0.39 is 0 Å². The molecule has 1 N–H and O–H groups in total. The quantitative estimate of drug-likeness (QED) is 0.455. The van der Waals surface area contributed by atoms with Crippen LogP contribution >= 0.6 is 36.4 Å². The highest BCUT2D eigenvalue weighted by molar-refractivity contribution is 6.30. The molecule has 0 aromatic carbocycles. The predicted molar refractivity (Wildman–Crippen MR) is 126 cm³/mol. The Morgan fingerprint density at radius 1 is 1.21 bits per heavy atom. The molecule has 1 aliphatic rings. The first-order valence-corrected chi connectivity index (χ1v) is 10.1. The topological polar surface area (TPSA) is 58.1 Å². The number of carbonyl (C=O) groups excluding carboxylic acids is 1. The number of nitrogens with zero attached hydrogens (tertiary/aromatic N) is 3. The molecule has 3 rings (SSSR count). The first-order valence-electron chi connectivity index (χ1n) is 9.76. The van der Waals surface area contributed by atoms with E-state index in [2.05, 4.69) is 34.3 Å². The number of rotatable bonds is 6. The fourth-order valence-corrected chi connectivity index (χ4v) is 4.04. The van der Waals surface area contributed by atoms with E-state index >= 15 is 0 Å². The molecule has 2 aromatic rings. The van der Waals surface area contributed by atoms with Crippen LogP contribution in [0.5, 0.6) is 0 Å². The van der Waals surface area contributed by atoms with Crippen molar-refractivity contribution in [1.29, 1.82) is 0 Å². The number of anilines is 1. The lowest BCUT2D eigenvalue weighted by Gasteiger charge is -2.31. The minimum Gasteiger partial charge on any atom is -0.380 e. The molecule has 2 aromatic heterocycles. The fraction of sp³-hybridized carbons (Fsp3) is 0.571. The van der Waals surface area contributed by atoms with E-state index in [-0.39, 0.29) is 36.5 Å². The number of hydrogen-bond donors (Lipinski definition) is 1. The highest BCUT2D eigenvalue weighted by Gasteiger charge is 2.25. The molecule has 0 unspecified atom stereocenters. The van der Waals surface area contributed by atoms with Crippen molar-refractivity contribution >= 4 is 58.9 Å². The molecule has 162 valence electrons. The number of hydrogen-bond acceptors (Lipinski definition) is 5. The van der Waals surface area contributed by atoms with Crippen LogP contribution in [0.25, 0.3) is 11.0 Å². The number of carbonyl (C=O) groups is 1. The summed E-state index contributed by atoms with van der Waals surface area (Å²) >= 11 is 6.14. The summed E-state index contributed by atoms with van der Waals surface area (Å²) in [5.41, 5.74) is 2.84. The summed E-state index contributed by atoms with van der Waals surface area (Å²) in [5, 5.41) is 4.05. The zero-order valence-electron chi connectivity index (χ0n) is 17.4. The molecule has 0 saturated heterocycles. The van der Waals surface area contributed by atoms with Gasteiger partial charge in [-0.2, -0.15) is 0 Å². The molecule has 1 fully saturated rings. The van der Waals surface area contributed by atoms with E-state index in [4.69, 9.17) is 11.6 Å². The van der Waals surface area contributed by atoms with E-state index in [0.717, 1.165) is 36.5 Å². The van der Waals surface area contributed by atoms with E-state index in [9.17, 15) is 4.79 Å². The van der Waals surface area contributed by atoms with Crippen molar-refractivity contribution in [2.24, 2.45) is 11.8 Å². The molecule has 29 heavy (non-hydrogen) atoms. The molecule has 0 atom stereocenters. The molecule has 1 aliphatic carbocycles. The average molecular weight is 462 g/mol. The van der Waals surface area contributed by atoms with Gasteiger partial charge in [-0.05, 0) is 57.8 Å². The third-order valence-corrected chi connectivity index (χ3v) is 5.50. The number of aromatic nitrogens is 2. The monoisotopic (exact) mass is 460 g/mol. The van der Waals surface area contributed by atoms with Gasteiger partial charge in [-0.15, -0.1) is 24.8 Å². The average Bonchev–Trinajstić information content (AvgIpc) is 2.62. The van der Waals surface area contributed by atoms with Gasteiger partial charge < -0.3 is 10.2 Å². The Kier molecular flexibility index (Phi) is 10.1. The van der Waals surface area contributed by atoms with Crippen molar-refractivity contribution in [2.45, 2.75) is 45.6 Å². The smallest absolute Gasteiger partial charge is 0.169 e. The molecular weight excluding hydrogens is 431 g/mol. The number of halogens is 3. The van der Waals surface area contributed by atoms with Gasteiger partial charge in [0.25, 0.3) is 0 Å². The maximum atomic E-state index is 12.8. The van der Waals surface area contributed by atoms with Crippen LogP contribution < -0.4 is 5.32 Å². The van der Waals surface area contributed by atoms with Gasteiger partial charge in [-0.25, -0.2) is 4.98 Å². The van der Waals surface area contributed by atoms with E-state index in [1.54, 1.807) is 12.3 Å². The van der Waals surface area contributed by atoms with Gasteiger partial charge in [0.1, 0.15) is 10.7 Å². The summed E-state index contributed by atoms with van der Waals surface area (Å²) in [5.74, 6) is 0.728. The summed E-state index contributed by atoms with van der Waals surface area (Å²) in [6.45, 7) is 4.96. The zero-order chi connectivity index (χ0) is 19.6. The van der Waals surface area contributed by atoms with Gasteiger partial charge in [-0.1, -0.05) is 25.4 Å². The minimum atomic E-state index is -0.0974. The molecule has 5 nitrogen and oxygen atoms in total. The largest absolute Gasteiger partial charge is 0.380 e. The van der Waals surface area contributed by atoms with Crippen molar-refractivity contribution in [2.75, 3.05) is 26.0 Å². The summed E-state index contributed by atoms with van der Waals surface area (Å²) in [4.78, 5) is 23.9. The van der Waals surface area contributed by atoms with Crippen LogP contribution in [0.15, 0.2) is 18.3 Å². The maximum absolute atomic E-state index is 12.8. The third kappa shape index (κ3) is 6.42. The van der Waals surface area contributed by atoms with Crippen LogP contribution in [0.2, 0.25) is 5.15 Å². The molecule has 8 heteroatoms. The van der Waals surface area contributed by atoms with Gasteiger partial charge >= 0.3 is 0 Å². The lowest BCUT2D eigenvalue weighted by atomic mass is 9.85. The normalized spacial score (nSPS) is 19.0. The molecular formula is C21H31Cl3N4O. The Labute approximate surface area is 190 Å². The Hall–Kier alpha value is -1.14. The number of nitrogens with one attached hydrogen (secondary N) is 1. The molecule has 0 bridgehead atoms. The van der Waals surface area contributed by atoms with Crippen LogP contribution in [0.4, 0.5) is 5.69 Å². The Bertz CT molecular complexity index is 821. The Morgan fingerprint density at radius 3 is 2.45 bits per heavy atom. The van der Waals surface area contributed by atoms with Crippen LogP contribution in [0.3, 0.4) is 0 Å². The molecule has 1 saturated carbocycles. The maximum Gasteiger partial charge on any atom is 0.169 e. The summed E-state index contributed by atoms with van der Waals surface area (Å²) in [6.07, 6.45) is 6.26. The first-order chi connectivity index (χ1) is 12.8. The molecule has 0 aliphatic heterocycles. The van der Waals surface area contributed by atoms with E-state index in [0.29, 0.717) is 22.3 Å². The minimum absolute atomic E-state index is 0. The van der Waals surface area contributed by atoms with Gasteiger partial charge in [0.2, 0.25) is 0 Å². The van der Waals surface area contributed by atoms with Crippen LogP contribution in [-0.4, -0.2) is 47.3 Å². The second-order valence-corrected chi connectivity index (χ2v) is 8.58. The second kappa shape index (κ2) is 11.3. The molecule has 0 spiro atoms. The van der Waals surface area contributed by atoms with Crippen LogP contribution in [-0.2, 0) is 0 Å². The summed E-state index contributed by atoms with van der Waals surface area (Å²) < 4.78 is 0. The Balaban J connectivity index is 0.00000210. The van der Waals surface area contributed by atoms with Crippen LogP contribution in [0, 0.1) is 11.8 Å². The lowest BCUT2D eigenvalue weighted by Crippen LogP contribution is -2.31. The standard InChI is InChI=1S/C21H29ClN4O.2ClH/c1-13(2)21(27)16-11-23-17-9-10-18(22)25-20(17)19(16)24-15-7-5-14(6-8-15)12-26(3)4;;/h9-11,13-15H,5-8,12H2,1-4H3,(H,23,24);2*1H. The third-order valence-electron chi connectivity index (χ3n) is 5.29. The molecule has 0 amide bonds. The van der Waals surface area contributed by atoms with Crippen molar-refractivity contribution in [3.05, 3.63) is 29.0 Å². The second-order valence-electron chi connectivity index (χ2n) is 8.19. The van der Waals surface area contributed by atoms with Crippen molar-refractivity contribution in [1.82, 2.24) is 14.9 Å². The van der Waals surface area contributed by atoms with Gasteiger partial charge in [0, 0.05) is 24.7 Å². The van der Waals surface area contributed by atoms with Crippen LogP contribution in [0.1, 0.15) is 49.9 Å². The number of pyridine rings is 2. The summed E-state index contributed by atoms with van der Waals surface area (Å²) in [6, 6.07) is 3.93. The number of fused-ring (bicyclic) bond motifs is 1. The zero-order valence-corrected chi connectivity index (χ0v) is 19.8. The SMILES string of the molecule is CC(C)C(=O)c1cnc2ccc(Cl)nc2c1NC1CCC(CN(C)C)CC1.Cl.Cl. The summed E-state index contributed by atoms with van der Waals surface area (Å²) in [7, 11) is 4.26. The predicted octanol–water partition coefficient (Wildman–Crippen LogP) is 5.50. The van der Waals surface area contributed by atoms with E-state index in [1.807, 2.05) is 19.9 Å². The number of ketones is 1. The van der Waals surface area contributed by atoms with Crippen molar-refractivity contribution < 1.29 is 4.79 Å². The van der Waals surface area contributed by atoms with Gasteiger partial charge in [0.15, 0.2) is 5.78 Å². The van der Waals surface area contributed by atoms with Crippen molar-refractivity contribution in [3.63, 3.8) is 0 Å². The fourth-order valence-electron chi connectivity index (χ4n) is 3.90. The Morgan fingerprint density at radius 2 is 1.86 bits per heavy atom. The van der Waals surface area contributed by atoms with Gasteiger partial charge in [-0.3, -0.25) is 9.78 Å². The lowest BCUT2D eigenvalue weighted by molar-refractivity contribution is 0.0940. The van der Waals surface area contributed by atoms with Crippen molar-refractivity contribution in [3.8, 4) is 0 Å². The highest BCUT2D eigenvalue weighted by Crippen LogP contribution is 2.32. The highest BCUT2D eigenvalue weighted by atomic mass is 35.5. The molecule has 2 heterocycles. The van der Waals surface area contributed by atoms with E-state index in [1.165, 1.54) is 12.8 Å². The number of Topliss-reactive ketones (excluding diaryl/α,β-unsaturated/α-hetero) is 1. The van der Waals surface area contributed by atoms with Gasteiger partial charge in [0.05, 0.1) is 16.8 Å².